The molecule has 0 aromatic heterocycles. The highest BCUT2D eigenvalue weighted by Crippen LogP contribution is 2.70. The highest BCUT2D eigenvalue weighted by Gasteiger charge is 2.68. The molecule has 3 heteroatoms. The molecule has 0 aromatic rings. The van der Waals surface area contributed by atoms with Gasteiger partial charge in [0.1, 0.15) is 5.72 Å². The zero-order valence-electron chi connectivity index (χ0n) is 19.5. The van der Waals surface area contributed by atoms with Gasteiger partial charge >= 0.3 is 0 Å². The van der Waals surface area contributed by atoms with Crippen LogP contribution in [-0.2, 0) is 9.53 Å². The second-order valence-corrected chi connectivity index (χ2v) is 12.6. The lowest BCUT2D eigenvalue weighted by Crippen LogP contribution is -2.57. The summed E-state index contributed by atoms with van der Waals surface area (Å²) in [7, 11) is 0. The van der Waals surface area contributed by atoms with E-state index in [4.69, 9.17) is 4.74 Å². The van der Waals surface area contributed by atoms with Crippen molar-refractivity contribution in [1.82, 2.24) is 5.32 Å². The predicted octanol–water partition coefficient (Wildman–Crippen LogP) is 5.50. The number of allylic oxidation sites excluding steroid dienone is 1. The van der Waals surface area contributed by atoms with Crippen LogP contribution in [0.15, 0.2) is 11.6 Å². The van der Waals surface area contributed by atoms with Crippen molar-refractivity contribution in [2.45, 2.75) is 97.3 Å². The topological polar surface area (TPSA) is 38.3 Å². The third-order valence-corrected chi connectivity index (χ3v) is 11.4. The lowest BCUT2D eigenvalue weighted by Gasteiger charge is -2.58. The fraction of sp³-hybridized carbons (Fsp3) is 0.889. The normalized spacial score (nSPS) is 57.4. The minimum absolute atomic E-state index is 0.0507. The van der Waals surface area contributed by atoms with Gasteiger partial charge in [-0.25, -0.2) is 0 Å². The first-order chi connectivity index (χ1) is 14.3. The number of fused-ring (bicyclic) bond motifs is 7. The maximum absolute atomic E-state index is 12.1. The standard InChI is InChI=1S/C27H41NO2/c1-16-7-12-27(28-15-16)17(2)24-23(30-27)14-22-20-6-5-18-13-19(29)8-10-25(18,3)21(20)9-11-26(22,24)4/h13,16-17,20-24,28H,5-12,14-15H2,1-4H3/t16?,17-,20-,21+,22+,23+,24+,25+,26+,27?/m1/s1. The third kappa shape index (κ3) is 2.48. The van der Waals surface area contributed by atoms with Crippen LogP contribution in [0.3, 0.4) is 0 Å². The van der Waals surface area contributed by atoms with Crippen molar-refractivity contribution in [3.63, 3.8) is 0 Å². The maximum Gasteiger partial charge on any atom is 0.155 e. The Labute approximate surface area is 182 Å². The van der Waals surface area contributed by atoms with Gasteiger partial charge in [-0.1, -0.05) is 33.3 Å². The van der Waals surface area contributed by atoms with Gasteiger partial charge in [0.25, 0.3) is 0 Å². The molecule has 5 fully saturated rings. The van der Waals surface area contributed by atoms with Crippen LogP contribution in [0, 0.1) is 46.3 Å². The number of carbonyl (C=O) groups excluding carboxylic acids is 1. The summed E-state index contributed by atoms with van der Waals surface area (Å²) in [5, 5.41) is 3.88. The summed E-state index contributed by atoms with van der Waals surface area (Å²) in [6, 6.07) is 0. The number of hydrogen-bond donors (Lipinski definition) is 1. The van der Waals surface area contributed by atoms with E-state index in [-0.39, 0.29) is 11.1 Å². The summed E-state index contributed by atoms with van der Waals surface area (Å²) < 4.78 is 6.99. The first kappa shape index (κ1) is 20.0. The van der Waals surface area contributed by atoms with Crippen LogP contribution < -0.4 is 5.32 Å². The Balaban J connectivity index is 1.28. The summed E-state index contributed by atoms with van der Waals surface area (Å²) in [5.74, 6) is 4.89. The van der Waals surface area contributed by atoms with Crippen molar-refractivity contribution in [1.29, 1.82) is 0 Å². The van der Waals surface area contributed by atoms with Gasteiger partial charge in [-0.15, -0.1) is 0 Å². The van der Waals surface area contributed by atoms with Crippen LogP contribution in [0.5, 0.6) is 0 Å². The molecule has 2 saturated heterocycles. The molecule has 2 unspecified atom stereocenters. The summed E-state index contributed by atoms with van der Waals surface area (Å²) in [6.45, 7) is 11.1. The molecular formula is C27H41NO2. The summed E-state index contributed by atoms with van der Waals surface area (Å²) in [6.07, 6.45) is 13.3. The van der Waals surface area contributed by atoms with Crippen LogP contribution in [0.2, 0.25) is 0 Å². The van der Waals surface area contributed by atoms with Gasteiger partial charge in [0.2, 0.25) is 0 Å². The molecule has 0 bridgehead atoms. The predicted molar refractivity (Wildman–Crippen MR) is 119 cm³/mol. The van der Waals surface area contributed by atoms with Gasteiger partial charge in [0.05, 0.1) is 6.10 Å². The van der Waals surface area contributed by atoms with Crippen LogP contribution in [0.4, 0.5) is 0 Å². The van der Waals surface area contributed by atoms with E-state index in [0.717, 1.165) is 49.5 Å². The molecular weight excluding hydrogens is 370 g/mol. The van der Waals surface area contributed by atoms with Crippen LogP contribution >= 0.6 is 0 Å². The molecule has 4 aliphatic carbocycles. The van der Waals surface area contributed by atoms with E-state index in [0.29, 0.717) is 29.1 Å². The summed E-state index contributed by atoms with van der Waals surface area (Å²) in [4.78, 5) is 12.1. The van der Waals surface area contributed by atoms with Crippen LogP contribution in [0.1, 0.15) is 85.5 Å². The van der Waals surface area contributed by atoms with Crippen molar-refractivity contribution in [2.75, 3.05) is 6.54 Å². The number of hydrogen-bond acceptors (Lipinski definition) is 3. The molecule has 2 aliphatic heterocycles. The number of rotatable bonds is 0. The molecule has 30 heavy (non-hydrogen) atoms. The first-order valence-corrected chi connectivity index (χ1v) is 12.9. The molecule has 6 aliphatic rings. The van der Waals surface area contributed by atoms with E-state index in [1.165, 1.54) is 44.1 Å². The van der Waals surface area contributed by atoms with Crippen molar-refractivity contribution in [3.8, 4) is 0 Å². The molecule has 3 nitrogen and oxygen atoms in total. The molecule has 1 N–H and O–H groups in total. The van der Waals surface area contributed by atoms with Gasteiger partial charge in [-0.2, -0.15) is 0 Å². The molecule has 166 valence electrons. The number of nitrogens with one attached hydrogen (secondary N) is 1. The fourth-order valence-electron chi connectivity index (χ4n) is 9.76. The van der Waals surface area contributed by atoms with E-state index in [2.05, 4.69) is 33.0 Å². The highest BCUT2D eigenvalue weighted by molar-refractivity contribution is 5.91. The average Bonchev–Trinajstić information content (AvgIpc) is 3.16. The van der Waals surface area contributed by atoms with Crippen molar-refractivity contribution in [3.05, 3.63) is 11.6 Å². The zero-order valence-corrected chi connectivity index (χ0v) is 19.5. The van der Waals surface area contributed by atoms with E-state index < -0.39 is 0 Å². The summed E-state index contributed by atoms with van der Waals surface area (Å²) in [5.41, 5.74) is 2.16. The largest absolute Gasteiger partial charge is 0.357 e. The van der Waals surface area contributed by atoms with E-state index in [9.17, 15) is 4.79 Å². The Morgan fingerprint density at radius 3 is 2.63 bits per heavy atom. The Morgan fingerprint density at radius 1 is 1.03 bits per heavy atom. The molecule has 0 amide bonds. The monoisotopic (exact) mass is 411 g/mol. The Hall–Kier alpha value is -0.670. The summed E-state index contributed by atoms with van der Waals surface area (Å²) >= 11 is 0. The molecule has 0 radical (unpaired) electrons. The van der Waals surface area contributed by atoms with Gasteiger partial charge in [-0.3, -0.25) is 10.1 Å². The number of piperidine rings is 1. The van der Waals surface area contributed by atoms with E-state index in [1.807, 2.05) is 6.08 Å². The molecule has 3 saturated carbocycles. The minimum Gasteiger partial charge on any atom is -0.357 e. The lowest BCUT2D eigenvalue weighted by molar-refractivity contribution is -0.120. The lowest BCUT2D eigenvalue weighted by atomic mass is 9.46. The third-order valence-electron chi connectivity index (χ3n) is 11.4. The van der Waals surface area contributed by atoms with Crippen molar-refractivity contribution >= 4 is 5.78 Å². The Kier molecular flexibility index (Phi) is 4.29. The second kappa shape index (κ2) is 6.44. The van der Waals surface area contributed by atoms with Gasteiger partial charge < -0.3 is 4.74 Å². The Bertz CT molecular complexity index is 780. The van der Waals surface area contributed by atoms with Gasteiger partial charge in [0.15, 0.2) is 5.78 Å². The van der Waals surface area contributed by atoms with Gasteiger partial charge in [0, 0.05) is 18.9 Å². The molecule has 2 heterocycles. The van der Waals surface area contributed by atoms with E-state index in [1.54, 1.807) is 0 Å². The van der Waals surface area contributed by atoms with Crippen LogP contribution in [-0.4, -0.2) is 24.2 Å². The minimum atomic E-state index is -0.0507. The number of ether oxygens (including phenoxy) is 1. The fourth-order valence-corrected chi connectivity index (χ4v) is 9.76. The molecule has 0 aromatic carbocycles. The SMILES string of the molecule is CC1CCC2(NC1)O[C@H]1C[C@H]3[C@@H]4CCC5=CC(=O)CC[C@]5(C)[C@H]4CC[C@]3(C)[C@H]1[C@H]2C. The first-order valence-electron chi connectivity index (χ1n) is 12.9. The Morgan fingerprint density at radius 2 is 1.87 bits per heavy atom. The van der Waals surface area contributed by atoms with Crippen molar-refractivity contribution < 1.29 is 9.53 Å². The van der Waals surface area contributed by atoms with Crippen LogP contribution in [0.25, 0.3) is 0 Å². The quantitative estimate of drug-likeness (QED) is 0.572. The smallest absolute Gasteiger partial charge is 0.155 e. The number of carbonyl (C=O) groups is 1. The van der Waals surface area contributed by atoms with Gasteiger partial charge in [-0.05, 0) is 97.9 Å². The molecule has 1 spiro atoms. The molecule has 6 rings (SSSR count). The highest BCUT2D eigenvalue weighted by atomic mass is 16.5. The van der Waals surface area contributed by atoms with E-state index >= 15 is 0 Å². The average molecular weight is 412 g/mol. The second-order valence-electron chi connectivity index (χ2n) is 12.6. The zero-order chi connectivity index (χ0) is 20.9. The number of ketones is 1. The maximum atomic E-state index is 12.1. The molecule has 10 atom stereocenters. The van der Waals surface area contributed by atoms with Crippen molar-refractivity contribution in [2.24, 2.45) is 46.3 Å².